The number of rotatable bonds is 2. The van der Waals surface area contributed by atoms with E-state index >= 15 is 0 Å². The van der Waals surface area contributed by atoms with Gasteiger partial charge in [0.15, 0.2) is 5.13 Å². The molecule has 0 aliphatic rings. The van der Waals surface area contributed by atoms with E-state index in [2.05, 4.69) is 22.5 Å². The summed E-state index contributed by atoms with van der Waals surface area (Å²) in [5.41, 5.74) is -0.290. The highest BCUT2D eigenvalue weighted by molar-refractivity contribution is 7.80. The van der Waals surface area contributed by atoms with Crippen molar-refractivity contribution in [2.24, 2.45) is 0 Å². The van der Waals surface area contributed by atoms with E-state index in [0.29, 0.717) is 5.13 Å². The predicted molar refractivity (Wildman–Crippen MR) is 66.3 cm³/mol. The van der Waals surface area contributed by atoms with Crippen LogP contribution in [0.3, 0.4) is 0 Å². The molecule has 1 heterocycles. The van der Waals surface area contributed by atoms with E-state index in [-0.39, 0.29) is 10.7 Å². The van der Waals surface area contributed by atoms with Crippen LogP contribution in [0.15, 0.2) is 5.38 Å². The van der Waals surface area contributed by atoms with Crippen molar-refractivity contribution in [3.8, 4) is 0 Å². The molecule has 1 aromatic heterocycles. The van der Waals surface area contributed by atoms with Crippen LogP contribution in [0.2, 0.25) is 0 Å². The van der Waals surface area contributed by atoms with Crippen molar-refractivity contribution in [1.29, 1.82) is 0 Å². The Bertz CT molecular complexity index is 409. The number of nitrogens with one attached hydrogen (secondary N) is 1. The molecule has 0 radical (unpaired) electrons. The third kappa shape index (κ3) is 4.11. The van der Waals surface area contributed by atoms with Crippen LogP contribution in [0.1, 0.15) is 26.5 Å². The Kier molecular flexibility index (Phi) is 3.82. The zero-order valence-electron chi connectivity index (χ0n) is 9.10. The van der Waals surface area contributed by atoms with E-state index in [4.69, 9.17) is 9.84 Å². The van der Waals surface area contributed by atoms with Gasteiger partial charge in [-0.2, -0.15) is 0 Å². The Balaban J connectivity index is 2.60. The first-order chi connectivity index (χ1) is 7.28. The van der Waals surface area contributed by atoms with Gasteiger partial charge in [-0.1, -0.05) is 0 Å². The lowest BCUT2D eigenvalue weighted by Gasteiger charge is -2.18. The van der Waals surface area contributed by atoms with Crippen molar-refractivity contribution in [2.45, 2.75) is 26.4 Å². The van der Waals surface area contributed by atoms with Crippen molar-refractivity contribution in [2.75, 3.05) is 5.32 Å². The summed E-state index contributed by atoms with van der Waals surface area (Å²) in [6.45, 7) is 5.30. The molecule has 0 saturated carbocycles. The summed E-state index contributed by atoms with van der Waals surface area (Å²) < 4.78 is 5.03. The Hall–Kier alpha value is -1.21. The molecule has 0 fully saturated rings. The number of aromatic nitrogens is 1. The van der Waals surface area contributed by atoms with Gasteiger partial charge in [0.25, 0.3) is 0 Å². The summed E-state index contributed by atoms with van der Waals surface area (Å²) in [6.07, 6.45) is -0.586. The number of aliphatic hydroxyl groups excluding tert-OH is 1. The molecule has 7 heteroatoms. The Labute approximate surface area is 102 Å². The molecule has 16 heavy (non-hydrogen) atoms. The van der Waals surface area contributed by atoms with Gasteiger partial charge < -0.3 is 9.84 Å². The van der Waals surface area contributed by atoms with E-state index in [0.717, 1.165) is 11.3 Å². The first-order valence-corrected chi connectivity index (χ1v) is 5.75. The van der Waals surface area contributed by atoms with Gasteiger partial charge in [-0.05, 0) is 33.0 Å². The number of hydrogen-bond acceptors (Lipinski definition) is 5. The van der Waals surface area contributed by atoms with Crippen LogP contribution in [0.25, 0.3) is 0 Å². The van der Waals surface area contributed by atoms with Crippen LogP contribution in [0, 0.1) is 0 Å². The molecule has 0 bridgehead atoms. The van der Waals surface area contributed by atoms with Gasteiger partial charge in [0.1, 0.15) is 11.3 Å². The third-order valence-electron chi connectivity index (χ3n) is 1.33. The van der Waals surface area contributed by atoms with Crippen molar-refractivity contribution in [3.63, 3.8) is 0 Å². The summed E-state index contributed by atoms with van der Waals surface area (Å²) in [7, 11) is 0. The fourth-order valence-corrected chi connectivity index (χ4v) is 1.68. The molecular formula is C9H12N2O3S2. The Morgan fingerprint density at radius 2 is 2.25 bits per heavy atom. The number of anilines is 1. The number of carbonyl (C=O) groups excluding carboxylic acids is 1. The SMILES string of the molecule is CC(C)(C)OC(=O)Nc1nc(C(O)=S)cs1. The minimum atomic E-state index is -0.586. The number of hydrogen-bond donors (Lipinski definition) is 2. The average Bonchev–Trinajstić information content (AvgIpc) is 2.48. The maximum Gasteiger partial charge on any atom is 0.413 e. The van der Waals surface area contributed by atoms with Crippen molar-refractivity contribution >= 4 is 39.8 Å². The topological polar surface area (TPSA) is 71.5 Å². The second kappa shape index (κ2) is 4.75. The second-order valence-corrected chi connectivity index (χ2v) is 5.21. The summed E-state index contributed by atoms with van der Waals surface area (Å²) in [4.78, 5) is 15.2. The molecule has 0 spiro atoms. The van der Waals surface area contributed by atoms with E-state index in [1.54, 1.807) is 26.2 Å². The Morgan fingerprint density at radius 1 is 1.62 bits per heavy atom. The maximum absolute atomic E-state index is 11.3. The van der Waals surface area contributed by atoms with Gasteiger partial charge in [0.05, 0.1) is 0 Å². The monoisotopic (exact) mass is 260 g/mol. The van der Waals surface area contributed by atoms with Crippen molar-refractivity contribution < 1.29 is 14.6 Å². The highest BCUT2D eigenvalue weighted by Crippen LogP contribution is 2.17. The van der Waals surface area contributed by atoms with E-state index in [1.165, 1.54) is 0 Å². The molecule has 0 atom stereocenters. The first kappa shape index (κ1) is 12.9. The van der Waals surface area contributed by atoms with E-state index in [9.17, 15) is 4.79 Å². The largest absolute Gasteiger partial charge is 0.497 e. The molecule has 0 aromatic carbocycles. The number of thiazole rings is 1. The normalized spacial score (nSPS) is 10.9. The van der Waals surface area contributed by atoms with E-state index in [1.807, 2.05) is 0 Å². The number of ether oxygens (including phenoxy) is 1. The number of thiocarbonyl (C=S) groups is 1. The molecule has 0 aliphatic heterocycles. The van der Waals surface area contributed by atoms with Crippen LogP contribution in [0.4, 0.5) is 9.93 Å². The molecule has 5 nitrogen and oxygen atoms in total. The lowest BCUT2D eigenvalue weighted by molar-refractivity contribution is 0.0636. The zero-order chi connectivity index (χ0) is 12.3. The zero-order valence-corrected chi connectivity index (χ0v) is 10.7. The highest BCUT2D eigenvalue weighted by Gasteiger charge is 2.17. The number of amides is 1. The first-order valence-electron chi connectivity index (χ1n) is 4.47. The standard InChI is InChI=1S/C9H12N2O3S2/c1-9(2,3)14-8(13)11-7-10-5(4-16-7)6(12)15/h4H,1-3H3,(H,12,15)(H,10,11,13). The van der Waals surface area contributed by atoms with Crippen LogP contribution in [-0.2, 0) is 4.74 Å². The van der Waals surface area contributed by atoms with Gasteiger partial charge in [-0.15, -0.1) is 11.3 Å². The summed E-state index contributed by atoms with van der Waals surface area (Å²) in [6, 6.07) is 0. The smallest absolute Gasteiger partial charge is 0.413 e. The molecule has 88 valence electrons. The number of aliphatic hydroxyl groups is 1. The van der Waals surface area contributed by atoms with Crippen LogP contribution in [0.5, 0.6) is 0 Å². The minimum absolute atomic E-state index is 0.269. The predicted octanol–water partition coefficient (Wildman–Crippen LogP) is 2.72. The maximum atomic E-state index is 11.3. The van der Waals surface area contributed by atoms with Gasteiger partial charge >= 0.3 is 6.09 Å². The molecule has 1 rings (SSSR count). The fourth-order valence-electron chi connectivity index (χ4n) is 0.820. The van der Waals surface area contributed by atoms with E-state index < -0.39 is 11.7 Å². The minimum Gasteiger partial charge on any atom is -0.497 e. The quantitative estimate of drug-likeness (QED) is 0.800. The second-order valence-electron chi connectivity index (χ2n) is 3.97. The molecule has 1 aromatic rings. The van der Waals surface area contributed by atoms with Gasteiger partial charge in [-0.25, -0.2) is 9.78 Å². The molecule has 0 saturated heterocycles. The summed E-state index contributed by atoms with van der Waals surface area (Å²) in [5, 5.41) is 13.0. The fraction of sp³-hybridized carbons (Fsp3) is 0.444. The molecular weight excluding hydrogens is 248 g/mol. The van der Waals surface area contributed by atoms with Crippen LogP contribution in [-0.4, -0.2) is 26.8 Å². The molecule has 0 unspecified atom stereocenters. The lowest BCUT2D eigenvalue weighted by Crippen LogP contribution is -2.27. The summed E-state index contributed by atoms with van der Waals surface area (Å²) in [5.74, 6) is 0. The molecule has 0 aliphatic carbocycles. The third-order valence-corrected chi connectivity index (χ3v) is 2.30. The number of carbonyl (C=O) groups is 1. The van der Waals surface area contributed by atoms with Gasteiger partial charge in [0, 0.05) is 5.38 Å². The molecule has 1 amide bonds. The van der Waals surface area contributed by atoms with Crippen molar-refractivity contribution in [3.05, 3.63) is 11.1 Å². The van der Waals surface area contributed by atoms with Crippen molar-refractivity contribution in [1.82, 2.24) is 4.98 Å². The Morgan fingerprint density at radius 3 is 2.69 bits per heavy atom. The average molecular weight is 260 g/mol. The summed E-state index contributed by atoms with van der Waals surface area (Å²) >= 11 is 5.69. The van der Waals surface area contributed by atoms with Gasteiger partial charge in [0.2, 0.25) is 5.05 Å². The van der Waals surface area contributed by atoms with Crippen LogP contribution >= 0.6 is 23.6 Å². The number of nitrogens with zero attached hydrogens (tertiary/aromatic N) is 1. The lowest BCUT2D eigenvalue weighted by atomic mass is 10.2. The van der Waals surface area contributed by atoms with Crippen LogP contribution < -0.4 is 5.32 Å². The van der Waals surface area contributed by atoms with Gasteiger partial charge in [-0.3, -0.25) is 5.32 Å². The molecule has 2 N–H and O–H groups in total. The highest BCUT2D eigenvalue weighted by atomic mass is 32.1.